The van der Waals surface area contributed by atoms with Crippen molar-refractivity contribution in [3.05, 3.63) is 30.1 Å². The molecule has 1 unspecified atom stereocenters. The molecule has 2 N–H and O–H groups in total. The molecule has 0 fully saturated rings. The van der Waals surface area contributed by atoms with Crippen LogP contribution in [0.25, 0.3) is 0 Å². The molecule has 0 amide bonds. The van der Waals surface area contributed by atoms with Crippen molar-refractivity contribution >= 4 is 11.8 Å². The van der Waals surface area contributed by atoms with Crippen molar-refractivity contribution in [2.45, 2.75) is 6.92 Å². The van der Waals surface area contributed by atoms with Crippen molar-refractivity contribution in [1.82, 2.24) is 0 Å². The summed E-state index contributed by atoms with van der Waals surface area (Å²) < 4.78 is 18.5. The molecule has 1 atom stereocenters. The van der Waals surface area contributed by atoms with E-state index in [1.54, 1.807) is 30.0 Å². The second-order valence-electron chi connectivity index (χ2n) is 3.69. The van der Waals surface area contributed by atoms with Crippen molar-refractivity contribution in [3.8, 4) is 5.75 Å². The van der Waals surface area contributed by atoms with Crippen LogP contribution in [0.2, 0.25) is 0 Å². The van der Waals surface area contributed by atoms with Gasteiger partial charge < -0.3 is 10.5 Å². The third-order valence-electron chi connectivity index (χ3n) is 2.13. The fourth-order valence-corrected chi connectivity index (χ4v) is 2.03. The zero-order chi connectivity index (χ0) is 11.8. The smallest absolute Gasteiger partial charge is 0.165 e. The van der Waals surface area contributed by atoms with E-state index in [0.717, 1.165) is 11.5 Å². The molecule has 1 aromatic rings. The topological polar surface area (TPSA) is 35.2 Å². The van der Waals surface area contributed by atoms with Gasteiger partial charge in [-0.05, 0) is 30.3 Å². The third-order valence-corrected chi connectivity index (χ3v) is 3.39. The Balaban J connectivity index is 2.14. The van der Waals surface area contributed by atoms with Gasteiger partial charge in [0.2, 0.25) is 0 Å². The Morgan fingerprint density at radius 2 is 2.19 bits per heavy atom. The summed E-state index contributed by atoms with van der Waals surface area (Å²) >= 11 is 1.78. The van der Waals surface area contributed by atoms with Crippen molar-refractivity contribution in [3.63, 3.8) is 0 Å². The molecule has 0 aliphatic heterocycles. The lowest BCUT2D eigenvalue weighted by Gasteiger charge is -2.09. The molecule has 1 aromatic carbocycles. The lowest BCUT2D eigenvalue weighted by molar-refractivity contribution is 0.325. The molecule has 0 spiro atoms. The normalized spacial score (nSPS) is 12.4. The average Bonchev–Trinajstić information content (AvgIpc) is 2.30. The minimum Gasteiger partial charge on any atom is -0.490 e. The minimum absolute atomic E-state index is 0.303. The van der Waals surface area contributed by atoms with E-state index in [9.17, 15) is 4.39 Å². The maximum atomic E-state index is 13.1. The van der Waals surface area contributed by atoms with Gasteiger partial charge >= 0.3 is 0 Å². The van der Waals surface area contributed by atoms with Gasteiger partial charge in [0.15, 0.2) is 11.6 Å². The summed E-state index contributed by atoms with van der Waals surface area (Å²) in [4.78, 5) is 0. The number of nitrogens with two attached hydrogens (primary N) is 1. The van der Waals surface area contributed by atoms with Crippen LogP contribution in [0.5, 0.6) is 5.75 Å². The number of thioether (sulfide) groups is 1. The fourth-order valence-electron chi connectivity index (χ4n) is 1.12. The Kier molecular flexibility index (Phi) is 6.26. The van der Waals surface area contributed by atoms with Gasteiger partial charge in [-0.15, -0.1) is 0 Å². The standard InChI is InChI=1S/C12H18FNOS/c1-10(8-14)9-16-7-6-15-12-5-3-2-4-11(12)13/h2-5,10H,6-9,14H2,1H3. The van der Waals surface area contributed by atoms with Crippen molar-refractivity contribution in [1.29, 1.82) is 0 Å². The molecule has 0 saturated heterocycles. The molecule has 0 aliphatic carbocycles. The number of para-hydroxylation sites is 1. The van der Waals surface area contributed by atoms with Gasteiger partial charge in [-0.3, -0.25) is 0 Å². The molecule has 1 rings (SSSR count). The van der Waals surface area contributed by atoms with E-state index < -0.39 is 0 Å². The summed E-state index contributed by atoms with van der Waals surface area (Å²) in [6.07, 6.45) is 0. The van der Waals surface area contributed by atoms with Gasteiger partial charge in [0.05, 0.1) is 6.61 Å². The molecule has 0 aliphatic rings. The summed E-state index contributed by atoms with van der Waals surface area (Å²) in [5, 5.41) is 0. The second-order valence-corrected chi connectivity index (χ2v) is 4.84. The zero-order valence-electron chi connectivity index (χ0n) is 9.49. The van der Waals surface area contributed by atoms with E-state index in [-0.39, 0.29) is 5.82 Å². The number of benzene rings is 1. The van der Waals surface area contributed by atoms with E-state index in [0.29, 0.717) is 24.8 Å². The first-order chi connectivity index (χ1) is 7.74. The van der Waals surface area contributed by atoms with Gasteiger partial charge in [-0.1, -0.05) is 19.1 Å². The Labute approximate surface area is 100 Å². The predicted octanol–water partition coefficient (Wildman–Crippen LogP) is 2.53. The highest BCUT2D eigenvalue weighted by Crippen LogP contribution is 2.16. The lowest BCUT2D eigenvalue weighted by atomic mass is 10.2. The average molecular weight is 243 g/mol. The van der Waals surface area contributed by atoms with Crippen LogP contribution in [0, 0.1) is 11.7 Å². The van der Waals surface area contributed by atoms with Gasteiger partial charge in [0.1, 0.15) is 0 Å². The highest BCUT2D eigenvalue weighted by Gasteiger charge is 2.02. The summed E-state index contributed by atoms with van der Waals surface area (Å²) in [6.45, 7) is 3.36. The van der Waals surface area contributed by atoms with Crippen molar-refractivity contribution in [2.75, 3.05) is 24.7 Å². The van der Waals surface area contributed by atoms with E-state index in [1.165, 1.54) is 6.07 Å². The molecule has 0 radical (unpaired) electrons. The molecule has 0 bridgehead atoms. The minimum atomic E-state index is -0.303. The molecule has 0 saturated carbocycles. The van der Waals surface area contributed by atoms with Crippen molar-refractivity contribution < 1.29 is 9.13 Å². The predicted molar refractivity (Wildman–Crippen MR) is 67.4 cm³/mol. The van der Waals surface area contributed by atoms with Gasteiger partial charge in [-0.25, -0.2) is 4.39 Å². The van der Waals surface area contributed by atoms with Crippen LogP contribution in [0.4, 0.5) is 4.39 Å². The van der Waals surface area contributed by atoms with Crippen LogP contribution in [0.1, 0.15) is 6.92 Å². The lowest BCUT2D eigenvalue weighted by Crippen LogP contribution is -2.13. The van der Waals surface area contributed by atoms with Crippen LogP contribution in [0.15, 0.2) is 24.3 Å². The van der Waals surface area contributed by atoms with Crippen LogP contribution < -0.4 is 10.5 Å². The first-order valence-corrected chi connectivity index (χ1v) is 6.54. The van der Waals surface area contributed by atoms with E-state index in [1.807, 2.05) is 0 Å². The van der Waals surface area contributed by atoms with Gasteiger partial charge in [0.25, 0.3) is 0 Å². The fraction of sp³-hybridized carbons (Fsp3) is 0.500. The third kappa shape index (κ3) is 4.86. The van der Waals surface area contributed by atoms with Crippen molar-refractivity contribution in [2.24, 2.45) is 11.7 Å². The summed E-state index contributed by atoms with van der Waals surface area (Å²) in [7, 11) is 0. The summed E-state index contributed by atoms with van der Waals surface area (Å²) in [6, 6.07) is 6.46. The molecular formula is C12H18FNOS. The quantitative estimate of drug-likeness (QED) is 0.747. The monoisotopic (exact) mass is 243 g/mol. The molecule has 2 nitrogen and oxygen atoms in total. The first kappa shape index (κ1) is 13.3. The van der Waals surface area contributed by atoms with E-state index >= 15 is 0 Å². The van der Waals surface area contributed by atoms with Crippen LogP contribution in [-0.4, -0.2) is 24.7 Å². The number of hydrogen-bond acceptors (Lipinski definition) is 3. The highest BCUT2D eigenvalue weighted by atomic mass is 32.2. The zero-order valence-corrected chi connectivity index (χ0v) is 10.3. The Bertz CT molecular complexity index is 309. The maximum absolute atomic E-state index is 13.1. The maximum Gasteiger partial charge on any atom is 0.165 e. The Hall–Kier alpha value is -0.740. The summed E-state index contributed by atoms with van der Waals surface area (Å²) in [5.41, 5.74) is 5.50. The van der Waals surface area contributed by atoms with Crippen LogP contribution in [0.3, 0.4) is 0 Å². The number of rotatable bonds is 7. The number of hydrogen-bond donors (Lipinski definition) is 1. The van der Waals surface area contributed by atoms with Crippen LogP contribution in [-0.2, 0) is 0 Å². The second kappa shape index (κ2) is 7.52. The first-order valence-electron chi connectivity index (χ1n) is 5.39. The SMILES string of the molecule is CC(CN)CSCCOc1ccccc1F. The van der Waals surface area contributed by atoms with E-state index in [2.05, 4.69) is 6.92 Å². The molecule has 0 aromatic heterocycles. The Morgan fingerprint density at radius 1 is 1.44 bits per heavy atom. The number of halogens is 1. The molecule has 16 heavy (non-hydrogen) atoms. The number of ether oxygens (including phenoxy) is 1. The molecular weight excluding hydrogens is 225 g/mol. The molecule has 90 valence electrons. The molecule has 0 heterocycles. The Morgan fingerprint density at radius 3 is 2.88 bits per heavy atom. The highest BCUT2D eigenvalue weighted by molar-refractivity contribution is 7.99. The van der Waals surface area contributed by atoms with Gasteiger partial charge in [-0.2, -0.15) is 11.8 Å². The summed E-state index contributed by atoms with van der Waals surface area (Å²) in [5.74, 6) is 2.44. The van der Waals surface area contributed by atoms with Gasteiger partial charge in [0, 0.05) is 5.75 Å². The van der Waals surface area contributed by atoms with E-state index in [4.69, 9.17) is 10.5 Å². The molecule has 4 heteroatoms. The van der Waals surface area contributed by atoms with Crippen LogP contribution >= 0.6 is 11.8 Å². The largest absolute Gasteiger partial charge is 0.490 e.